The average Bonchev–Trinajstić information content (AvgIpc) is 3.43. The molecule has 1 aliphatic carbocycles. The second-order valence-corrected chi connectivity index (χ2v) is 6.64. The first-order chi connectivity index (χ1) is 12.8. The molecule has 1 aromatic rings. The molecule has 0 bridgehead atoms. The van der Waals surface area contributed by atoms with Crippen molar-refractivity contribution in [2.75, 3.05) is 0 Å². The minimum absolute atomic E-state index is 0.0428. The number of nitrogens with one attached hydrogen (secondary N) is 1. The molecule has 27 heavy (non-hydrogen) atoms. The van der Waals surface area contributed by atoms with Crippen molar-refractivity contribution in [2.24, 2.45) is 5.92 Å². The smallest absolute Gasteiger partial charge is 0.459 e. The summed E-state index contributed by atoms with van der Waals surface area (Å²) in [4.78, 5) is 35.2. The molecular weight excluding hydrogens is 367 g/mol. The summed E-state index contributed by atoms with van der Waals surface area (Å²) in [6, 6.07) is 7.17. The van der Waals surface area contributed by atoms with E-state index in [1.807, 2.05) is 0 Å². The zero-order chi connectivity index (χ0) is 19.6. The number of carbonyl (C=O) groups is 3. The number of rotatable bonds is 6. The molecule has 2 fully saturated rings. The molecule has 146 valence electrons. The normalized spacial score (nSPS) is 25.3. The van der Waals surface area contributed by atoms with E-state index in [1.54, 1.807) is 35.6 Å². The fourth-order valence-electron chi connectivity index (χ4n) is 3.21. The molecule has 6 nitrogen and oxygen atoms in total. The van der Waals surface area contributed by atoms with E-state index in [9.17, 15) is 27.6 Å². The van der Waals surface area contributed by atoms with Crippen molar-refractivity contribution >= 4 is 17.7 Å². The number of esters is 1. The maximum atomic E-state index is 12.6. The zero-order valence-corrected chi connectivity index (χ0v) is 14.2. The summed E-state index contributed by atoms with van der Waals surface area (Å²) >= 11 is 0. The van der Waals surface area contributed by atoms with Crippen LogP contribution in [0.2, 0.25) is 0 Å². The number of benzene rings is 1. The van der Waals surface area contributed by atoms with E-state index < -0.39 is 36.3 Å². The Morgan fingerprint density at radius 1 is 1.26 bits per heavy atom. The number of ketones is 1. The standard InChI is InChI=1S/C18H18F3NO5/c19-18(20,21)17(25)22-12(8-11-6-7-13(23)15-14(11)27-15)16(24)26-9-10-4-2-1-3-5-10/h1-5,11-12,14-15H,6-9H2,(H,22,25)/t11-,12-,14-,15+/m1/s1. The molecule has 1 heterocycles. The number of epoxide rings is 1. The van der Waals surface area contributed by atoms with Crippen molar-refractivity contribution in [3.8, 4) is 0 Å². The third-order valence-corrected chi connectivity index (χ3v) is 4.68. The molecule has 4 atom stereocenters. The Morgan fingerprint density at radius 2 is 1.96 bits per heavy atom. The molecule has 1 amide bonds. The maximum absolute atomic E-state index is 12.6. The quantitative estimate of drug-likeness (QED) is 0.597. The molecule has 3 rings (SSSR count). The van der Waals surface area contributed by atoms with Gasteiger partial charge in [-0.05, 0) is 24.3 Å². The molecule has 1 saturated heterocycles. The van der Waals surface area contributed by atoms with Crippen molar-refractivity contribution in [1.82, 2.24) is 5.32 Å². The van der Waals surface area contributed by atoms with E-state index in [-0.39, 0.29) is 31.1 Å². The zero-order valence-electron chi connectivity index (χ0n) is 14.2. The Balaban J connectivity index is 1.64. The number of amides is 1. The van der Waals surface area contributed by atoms with Crippen LogP contribution in [0, 0.1) is 5.92 Å². The van der Waals surface area contributed by atoms with Crippen LogP contribution in [-0.2, 0) is 30.5 Å². The third kappa shape index (κ3) is 4.85. The number of Topliss-reactive ketones (excluding diaryl/α,β-unsaturated/α-hetero) is 1. The molecule has 1 aliphatic heterocycles. The van der Waals surface area contributed by atoms with Crippen LogP contribution in [-0.4, -0.2) is 42.1 Å². The van der Waals surface area contributed by atoms with Crippen molar-refractivity contribution in [2.45, 2.75) is 50.3 Å². The topological polar surface area (TPSA) is 85.0 Å². The summed E-state index contributed by atoms with van der Waals surface area (Å²) in [5.41, 5.74) is 0.667. The summed E-state index contributed by atoms with van der Waals surface area (Å²) < 4.78 is 48.1. The molecule has 2 aliphatic rings. The van der Waals surface area contributed by atoms with Gasteiger partial charge in [-0.1, -0.05) is 30.3 Å². The summed E-state index contributed by atoms with van der Waals surface area (Å²) in [5.74, 6) is -3.50. The van der Waals surface area contributed by atoms with Crippen molar-refractivity contribution in [3.63, 3.8) is 0 Å². The summed E-state index contributed by atoms with van der Waals surface area (Å²) in [6.07, 6.45) is -5.50. The van der Waals surface area contributed by atoms with Gasteiger partial charge in [-0.25, -0.2) is 4.79 Å². The van der Waals surface area contributed by atoms with Crippen LogP contribution in [0.1, 0.15) is 24.8 Å². The Labute approximate surface area is 153 Å². The molecule has 0 aromatic heterocycles. The van der Waals surface area contributed by atoms with Crippen LogP contribution >= 0.6 is 0 Å². The second kappa shape index (κ2) is 7.67. The molecule has 1 N–H and O–H groups in total. The monoisotopic (exact) mass is 385 g/mol. The van der Waals surface area contributed by atoms with E-state index >= 15 is 0 Å². The number of carbonyl (C=O) groups excluding carboxylic acids is 3. The largest absolute Gasteiger partial charge is 0.471 e. The fraction of sp³-hybridized carbons (Fsp3) is 0.500. The molecule has 9 heteroatoms. The van der Waals surface area contributed by atoms with E-state index in [0.717, 1.165) is 0 Å². The minimum atomic E-state index is -5.11. The number of hydrogen-bond acceptors (Lipinski definition) is 5. The van der Waals surface area contributed by atoms with Gasteiger partial charge >= 0.3 is 18.1 Å². The van der Waals surface area contributed by atoms with E-state index in [2.05, 4.69) is 0 Å². The van der Waals surface area contributed by atoms with Crippen LogP contribution in [0.3, 0.4) is 0 Å². The van der Waals surface area contributed by atoms with Gasteiger partial charge in [-0.2, -0.15) is 13.2 Å². The minimum Gasteiger partial charge on any atom is -0.459 e. The van der Waals surface area contributed by atoms with Crippen LogP contribution < -0.4 is 5.32 Å². The average molecular weight is 385 g/mol. The number of hydrogen-bond donors (Lipinski definition) is 1. The van der Waals surface area contributed by atoms with E-state index in [1.165, 1.54) is 0 Å². The van der Waals surface area contributed by atoms with Gasteiger partial charge in [-0.3, -0.25) is 9.59 Å². The first-order valence-corrected chi connectivity index (χ1v) is 8.52. The molecular formula is C18H18F3NO5. The Bertz CT molecular complexity index is 721. The van der Waals surface area contributed by atoms with Gasteiger partial charge in [0.25, 0.3) is 0 Å². The highest BCUT2D eigenvalue weighted by molar-refractivity contribution is 5.88. The van der Waals surface area contributed by atoms with Gasteiger partial charge < -0.3 is 14.8 Å². The SMILES string of the molecule is O=C(OCc1ccccc1)[C@@H](C[C@H]1CCC(=O)[C@@H]2O[C@H]12)NC(=O)C(F)(F)F. The van der Waals surface area contributed by atoms with Gasteiger partial charge in [0.1, 0.15) is 18.8 Å². The molecule has 1 aromatic carbocycles. The molecule has 1 saturated carbocycles. The third-order valence-electron chi connectivity index (χ3n) is 4.68. The summed E-state index contributed by atoms with van der Waals surface area (Å²) in [5, 5.41) is 1.71. The second-order valence-electron chi connectivity index (χ2n) is 6.64. The van der Waals surface area contributed by atoms with Crippen LogP contribution in [0.5, 0.6) is 0 Å². The first-order valence-electron chi connectivity index (χ1n) is 8.52. The first kappa shape index (κ1) is 19.3. The van der Waals surface area contributed by atoms with E-state index in [4.69, 9.17) is 9.47 Å². The number of halogens is 3. The summed E-state index contributed by atoms with van der Waals surface area (Å²) in [7, 11) is 0. The van der Waals surface area contributed by atoms with E-state index in [0.29, 0.717) is 12.0 Å². The van der Waals surface area contributed by atoms with Crippen molar-refractivity contribution in [3.05, 3.63) is 35.9 Å². The number of alkyl halides is 3. The van der Waals surface area contributed by atoms with Crippen LogP contribution in [0.4, 0.5) is 13.2 Å². The number of ether oxygens (including phenoxy) is 2. The highest BCUT2D eigenvalue weighted by atomic mass is 19.4. The van der Waals surface area contributed by atoms with Gasteiger partial charge in [0, 0.05) is 6.42 Å². The van der Waals surface area contributed by atoms with Gasteiger partial charge in [0.2, 0.25) is 0 Å². The predicted octanol–water partition coefficient (Wildman–Crippen LogP) is 1.91. The lowest BCUT2D eigenvalue weighted by Gasteiger charge is -2.24. The van der Waals surface area contributed by atoms with Crippen LogP contribution in [0.15, 0.2) is 30.3 Å². The van der Waals surface area contributed by atoms with Gasteiger partial charge in [0.15, 0.2) is 5.78 Å². The van der Waals surface area contributed by atoms with Gasteiger partial charge in [0.05, 0.1) is 6.10 Å². The molecule has 0 unspecified atom stereocenters. The fourth-order valence-corrected chi connectivity index (χ4v) is 3.21. The van der Waals surface area contributed by atoms with Crippen LogP contribution in [0.25, 0.3) is 0 Å². The van der Waals surface area contributed by atoms with Crippen molar-refractivity contribution in [1.29, 1.82) is 0 Å². The number of fused-ring (bicyclic) bond motifs is 1. The maximum Gasteiger partial charge on any atom is 0.471 e. The lowest BCUT2D eigenvalue weighted by atomic mass is 9.84. The summed E-state index contributed by atoms with van der Waals surface area (Å²) in [6.45, 7) is -0.121. The molecule has 0 spiro atoms. The highest BCUT2D eigenvalue weighted by Gasteiger charge is 2.53. The Hall–Kier alpha value is -2.42. The van der Waals surface area contributed by atoms with Crippen molar-refractivity contribution < 1.29 is 37.0 Å². The highest BCUT2D eigenvalue weighted by Crippen LogP contribution is 2.41. The predicted molar refractivity (Wildman–Crippen MR) is 85.2 cm³/mol. The lowest BCUT2D eigenvalue weighted by Crippen LogP contribution is -2.49. The Morgan fingerprint density at radius 3 is 2.63 bits per heavy atom. The van der Waals surface area contributed by atoms with Gasteiger partial charge in [-0.15, -0.1) is 0 Å². The molecule has 0 radical (unpaired) electrons. The Kier molecular flexibility index (Phi) is 5.50. The lowest BCUT2D eigenvalue weighted by molar-refractivity contribution is -0.176.